The molecule has 0 aliphatic rings. The van der Waals surface area contributed by atoms with E-state index in [4.69, 9.17) is 21.1 Å². The summed E-state index contributed by atoms with van der Waals surface area (Å²) in [5, 5.41) is 0. The van der Waals surface area contributed by atoms with E-state index in [-0.39, 0.29) is 0 Å². The normalized spacial score (nSPS) is 12.2. The van der Waals surface area contributed by atoms with Gasteiger partial charge in [0, 0.05) is 11.6 Å². The SMILES string of the molecule is CCOc1ccccc1OCCSCC(C)CCl. The molecule has 0 saturated heterocycles. The summed E-state index contributed by atoms with van der Waals surface area (Å²) in [4.78, 5) is 0. The highest BCUT2D eigenvalue weighted by Gasteiger charge is 2.04. The first-order valence-electron chi connectivity index (χ1n) is 6.26. The zero-order chi connectivity index (χ0) is 13.2. The number of alkyl halides is 1. The first kappa shape index (κ1) is 15.5. The molecular formula is C14H21ClO2S. The lowest BCUT2D eigenvalue weighted by atomic mass is 10.3. The molecule has 4 heteroatoms. The highest BCUT2D eigenvalue weighted by molar-refractivity contribution is 7.99. The summed E-state index contributed by atoms with van der Waals surface area (Å²) in [6.07, 6.45) is 0. The van der Waals surface area contributed by atoms with Crippen LogP contribution in [-0.2, 0) is 0 Å². The summed E-state index contributed by atoms with van der Waals surface area (Å²) in [5.74, 6) is 4.99. The Morgan fingerprint density at radius 3 is 2.50 bits per heavy atom. The van der Waals surface area contributed by atoms with E-state index in [9.17, 15) is 0 Å². The number of rotatable bonds is 9. The number of hydrogen-bond acceptors (Lipinski definition) is 3. The standard InChI is InChI=1S/C14H21ClO2S/c1-3-16-13-6-4-5-7-14(13)17-8-9-18-11-12(2)10-15/h4-7,12H,3,8-11H2,1-2H3. The van der Waals surface area contributed by atoms with Gasteiger partial charge in [-0.3, -0.25) is 0 Å². The molecule has 1 atom stereocenters. The van der Waals surface area contributed by atoms with Crippen molar-refractivity contribution in [3.05, 3.63) is 24.3 Å². The summed E-state index contributed by atoms with van der Waals surface area (Å²) in [5.41, 5.74) is 0. The molecule has 102 valence electrons. The molecule has 1 aromatic rings. The first-order chi connectivity index (χ1) is 8.77. The maximum Gasteiger partial charge on any atom is 0.161 e. The third kappa shape index (κ3) is 5.87. The molecule has 0 N–H and O–H groups in total. The van der Waals surface area contributed by atoms with Crippen LogP contribution in [0.5, 0.6) is 11.5 Å². The van der Waals surface area contributed by atoms with Gasteiger partial charge in [-0.15, -0.1) is 11.6 Å². The molecule has 1 rings (SSSR count). The van der Waals surface area contributed by atoms with Crippen molar-refractivity contribution in [2.75, 3.05) is 30.6 Å². The number of benzene rings is 1. The van der Waals surface area contributed by atoms with Crippen LogP contribution in [0, 0.1) is 5.92 Å². The van der Waals surface area contributed by atoms with Gasteiger partial charge < -0.3 is 9.47 Å². The topological polar surface area (TPSA) is 18.5 Å². The van der Waals surface area contributed by atoms with Gasteiger partial charge in [0.15, 0.2) is 11.5 Å². The van der Waals surface area contributed by atoms with E-state index >= 15 is 0 Å². The van der Waals surface area contributed by atoms with Crippen LogP contribution in [-0.4, -0.2) is 30.6 Å². The first-order valence-corrected chi connectivity index (χ1v) is 7.95. The summed E-state index contributed by atoms with van der Waals surface area (Å²) in [7, 11) is 0. The van der Waals surface area contributed by atoms with Gasteiger partial charge in [-0.2, -0.15) is 11.8 Å². The van der Waals surface area contributed by atoms with Crippen molar-refractivity contribution in [3.8, 4) is 11.5 Å². The second-order valence-corrected chi connectivity index (χ2v) is 5.52. The molecule has 0 bridgehead atoms. The monoisotopic (exact) mass is 288 g/mol. The summed E-state index contributed by atoms with van der Waals surface area (Å²) < 4.78 is 11.2. The van der Waals surface area contributed by atoms with Gasteiger partial charge in [-0.25, -0.2) is 0 Å². The molecule has 2 nitrogen and oxygen atoms in total. The largest absolute Gasteiger partial charge is 0.490 e. The van der Waals surface area contributed by atoms with E-state index in [2.05, 4.69) is 6.92 Å². The molecule has 0 aromatic heterocycles. The number of halogens is 1. The van der Waals surface area contributed by atoms with Crippen LogP contribution in [0.1, 0.15) is 13.8 Å². The molecule has 18 heavy (non-hydrogen) atoms. The molecule has 0 fully saturated rings. The fourth-order valence-electron chi connectivity index (χ4n) is 1.38. The number of hydrogen-bond donors (Lipinski definition) is 0. The average molecular weight is 289 g/mol. The highest BCUT2D eigenvalue weighted by Crippen LogP contribution is 2.26. The van der Waals surface area contributed by atoms with Crippen LogP contribution in [0.2, 0.25) is 0 Å². The quantitative estimate of drug-likeness (QED) is 0.504. The van der Waals surface area contributed by atoms with Crippen molar-refractivity contribution < 1.29 is 9.47 Å². The van der Waals surface area contributed by atoms with Gasteiger partial charge >= 0.3 is 0 Å². The summed E-state index contributed by atoms with van der Waals surface area (Å²) in [6.45, 7) is 5.48. The Labute approximate surface area is 119 Å². The predicted molar refractivity (Wildman–Crippen MR) is 80.3 cm³/mol. The van der Waals surface area contributed by atoms with Crippen LogP contribution in [0.15, 0.2) is 24.3 Å². The van der Waals surface area contributed by atoms with E-state index in [1.807, 2.05) is 43.0 Å². The van der Waals surface area contributed by atoms with Crippen molar-refractivity contribution in [1.82, 2.24) is 0 Å². The van der Waals surface area contributed by atoms with Crippen molar-refractivity contribution in [2.45, 2.75) is 13.8 Å². The minimum atomic E-state index is 0.562. The second kappa shape index (κ2) is 9.40. The van der Waals surface area contributed by atoms with Gasteiger partial charge in [0.05, 0.1) is 13.2 Å². The lowest BCUT2D eigenvalue weighted by Crippen LogP contribution is -2.05. The number of para-hydroxylation sites is 2. The van der Waals surface area contributed by atoms with E-state index in [0.717, 1.165) is 28.9 Å². The van der Waals surface area contributed by atoms with Gasteiger partial charge in [0.1, 0.15) is 0 Å². The van der Waals surface area contributed by atoms with Gasteiger partial charge in [0.25, 0.3) is 0 Å². The molecular weight excluding hydrogens is 268 g/mol. The minimum Gasteiger partial charge on any atom is -0.490 e. The van der Waals surface area contributed by atoms with Crippen molar-refractivity contribution in [3.63, 3.8) is 0 Å². The summed E-state index contributed by atoms with van der Waals surface area (Å²) >= 11 is 7.63. The lowest BCUT2D eigenvalue weighted by molar-refractivity contribution is 0.289. The third-order valence-electron chi connectivity index (χ3n) is 2.30. The molecule has 0 spiro atoms. The molecule has 0 aliphatic heterocycles. The summed E-state index contributed by atoms with van der Waals surface area (Å²) in [6, 6.07) is 7.79. The maximum absolute atomic E-state index is 5.76. The fourth-order valence-corrected chi connectivity index (χ4v) is 2.51. The minimum absolute atomic E-state index is 0.562. The van der Waals surface area contributed by atoms with Crippen LogP contribution in [0.4, 0.5) is 0 Å². The average Bonchev–Trinajstić information content (AvgIpc) is 2.40. The molecule has 0 radical (unpaired) electrons. The molecule has 1 unspecified atom stereocenters. The van der Waals surface area contributed by atoms with Crippen molar-refractivity contribution >= 4 is 23.4 Å². The molecule has 0 saturated carbocycles. The highest BCUT2D eigenvalue weighted by atomic mass is 35.5. The fraction of sp³-hybridized carbons (Fsp3) is 0.571. The van der Waals surface area contributed by atoms with Crippen molar-refractivity contribution in [2.24, 2.45) is 5.92 Å². The Kier molecular flexibility index (Phi) is 8.10. The smallest absolute Gasteiger partial charge is 0.161 e. The molecule has 0 aliphatic carbocycles. The lowest BCUT2D eigenvalue weighted by Gasteiger charge is -2.12. The van der Waals surface area contributed by atoms with Crippen LogP contribution < -0.4 is 9.47 Å². The Morgan fingerprint density at radius 2 is 1.89 bits per heavy atom. The zero-order valence-corrected chi connectivity index (χ0v) is 12.6. The van der Waals surface area contributed by atoms with Crippen LogP contribution in [0.3, 0.4) is 0 Å². The van der Waals surface area contributed by atoms with Crippen LogP contribution >= 0.6 is 23.4 Å². The Morgan fingerprint density at radius 1 is 1.22 bits per heavy atom. The molecule has 0 heterocycles. The number of thioether (sulfide) groups is 1. The van der Waals surface area contributed by atoms with E-state index < -0.39 is 0 Å². The van der Waals surface area contributed by atoms with E-state index in [0.29, 0.717) is 19.1 Å². The van der Waals surface area contributed by atoms with E-state index in [1.54, 1.807) is 0 Å². The van der Waals surface area contributed by atoms with Crippen molar-refractivity contribution in [1.29, 1.82) is 0 Å². The molecule has 0 amide bonds. The van der Waals surface area contributed by atoms with Gasteiger partial charge in [-0.1, -0.05) is 19.1 Å². The second-order valence-electron chi connectivity index (χ2n) is 4.06. The zero-order valence-electron chi connectivity index (χ0n) is 11.0. The molecule has 1 aromatic carbocycles. The van der Waals surface area contributed by atoms with Gasteiger partial charge in [0.2, 0.25) is 0 Å². The maximum atomic E-state index is 5.76. The number of ether oxygens (including phenoxy) is 2. The predicted octanol–water partition coefficient (Wildman–Crippen LogP) is 4.07. The van der Waals surface area contributed by atoms with E-state index in [1.165, 1.54) is 0 Å². The third-order valence-corrected chi connectivity index (χ3v) is 4.09. The Balaban J connectivity index is 2.26. The Hall–Kier alpha value is -0.540. The Bertz CT molecular complexity index is 333. The van der Waals surface area contributed by atoms with Crippen LogP contribution in [0.25, 0.3) is 0 Å². The van der Waals surface area contributed by atoms with Gasteiger partial charge in [-0.05, 0) is 30.7 Å².